The van der Waals surface area contributed by atoms with E-state index in [2.05, 4.69) is 20.9 Å². The van der Waals surface area contributed by atoms with Crippen LogP contribution in [0.25, 0.3) is 0 Å². The molecule has 16 heavy (non-hydrogen) atoms. The van der Waals surface area contributed by atoms with Crippen molar-refractivity contribution >= 4 is 21.9 Å². The van der Waals surface area contributed by atoms with Crippen LogP contribution in [0.2, 0.25) is 0 Å². The lowest BCUT2D eigenvalue weighted by Crippen LogP contribution is -2.22. The first-order valence-electron chi connectivity index (χ1n) is 4.68. The Morgan fingerprint density at radius 2 is 2.19 bits per heavy atom. The minimum atomic E-state index is -1.29. The molecule has 0 aliphatic rings. The number of hydrogen-bond acceptors (Lipinski definition) is 4. The summed E-state index contributed by atoms with van der Waals surface area (Å²) in [5.74, 6) is -1.17. The highest BCUT2D eigenvalue weighted by atomic mass is 79.9. The number of alkyl halides is 1. The second-order valence-electron chi connectivity index (χ2n) is 3.23. The quantitative estimate of drug-likeness (QED) is 0.703. The SMILES string of the molecule is O=C(O)c1cccnc1C(O)C(O)CCBr. The lowest BCUT2D eigenvalue weighted by Gasteiger charge is -2.17. The molecule has 0 saturated heterocycles. The smallest absolute Gasteiger partial charge is 0.337 e. The Bertz CT molecular complexity index is 372. The van der Waals surface area contributed by atoms with Gasteiger partial charge in [0.2, 0.25) is 0 Å². The fourth-order valence-corrected chi connectivity index (χ4v) is 1.76. The predicted octanol–water partition coefficient (Wildman–Crippen LogP) is 0.959. The number of carboxylic acid groups (broad SMARTS) is 1. The van der Waals surface area contributed by atoms with E-state index in [1.807, 2.05) is 0 Å². The molecule has 1 aromatic heterocycles. The van der Waals surface area contributed by atoms with Crippen molar-refractivity contribution in [2.24, 2.45) is 0 Å². The van der Waals surface area contributed by atoms with Crippen molar-refractivity contribution < 1.29 is 20.1 Å². The lowest BCUT2D eigenvalue weighted by molar-refractivity contribution is 0.0138. The number of nitrogens with zero attached hydrogens (tertiary/aromatic N) is 1. The van der Waals surface area contributed by atoms with Gasteiger partial charge in [-0.3, -0.25) is 4.98 Å². The molecule has 0 fully saturated rings. The molecule has 5 nitrogen and oxygen atoms in total. The number of pyridine rings is 1. The molecule has 0 radical (unpaired) electrons. The number of aromatic carboxylic acids is 1. The van der Waals surface area contributed by atoms with Crippen molar-refractivity contribution in [3.63, 3.8) is 0 Å². The molecule has 0 amide bonds. The van der Waals surface area contributed by atoms with E-state index in [0.717, 1.165) is 0 Å². The van der Waals surface area contributed by atoms with Crippen LogP contribution in [0.15, 0.2) is 18.3 Å². The van der Waals surface area contributed by atoms with E-state index in [1.165, 1.54) is 18.3 Å². The van der Waals surface area contributed by atoms with Gasteiger partial charge in [0.25, 0.3) is 0 Å². The number of aromatic nitrogens is 1. The van der Waals surface area contributed by atoms with E-state index in [0.29, 0.717) is 11.8 Å². The summed E-state index contributed by atoms with van der Waals surface area (Å²) in [7, 11) is 0. The van der Waals surface area contributed by atoms with Crippen LogP contribution in [0.1, 0.15) is 28.6 Å². The normalized spacial score (nSPS) is 14.4. The number of halogens is 1. The molecule has 0 aliphatic carbocycles. The van der Waals surface area contributed by atoms with Crippen LogP contribution in [-0.4, -0.2) is 37.7 Å². The van der Waals surface area contributed by atoms with Crippen LogP contribution in [0.5, 0.6) is 0 Å². The summed E-state index contributed by atoms with van der Waals surface area (Å²) in [6, 6.07) is 2.81. The van der Waals surface area contributed by atoms with Crippen molar-refractivity contribution in [1.29, 1.82) is 0 Å². The standard InChI is InChI=1S/C10H12BrNO4/c11-4-3-7(13)9(14)8-6(10(15)16)2-1-5-12-8/h1-2,5,7,9,13-14H,3-4H2,(H,15,16). The summed E-state index contributed by atoms with van der Waals surface area (Å²) in [5.41, 5.74) is -0.105. The minimum absolute atomic E-state index is 0.0107. The van der Waals surface area contributed by atoms with Crippen molar-refractivity contribution in [1.82, 2.24) is 4.98 Å². The van der Waals surface area contributed by atoms with Crippen molar-refractivity contribution in [3.8, 4) is 0 Å². The Morgan fingerprint density at radius 3 is 2.75 bits per heavy atom. The zero-order valence-electron chi connectivity index (χ0n) is 8.38. The predicted molar refractivity (Wildman–Crippen MR) is 60.6 cm³/mol. The van der Waals surface area contributed by atoms with E-state index in [-0.39, 0.29) is 11.3 Å². The summed E-state index contributed by atoms with van der Waals surface area (Å²) >= 11 is 3.13. The van der Waals surface area contributed by atoms with Crippen molar-refractivity contribution in [3.05, 3.63) is 29.6 Å². The highest BCUT2D eigenvalue weighted by Crippen LogP contribution is 2.20. The number of hydrogen-bond donors (Lipinski definition) is 3. The van der Waals surface area contributed by atoms with Gasteiger partial charge in [-0.25, -0.2) is 4.79 Å². The Balaban J connectivity index is 2.98. The molecule has 88 valence electrons. The van der Waals surface area contributed by atoms with E-state index in [4.69, 9.17) is 5.11 Å². The molecule has 2 unspecified atom stereocenters. The summed E-state index contributed by atoms with van der Waals surface area (Å²) < 4.78 is 0. The Kier molecular flexibility index (Phi) is 4.85. The van der Waals surface area contributed by atoms with Gasteiger partial charge in [0.1, 0.15) is 6.10 Å². The van der Waals surface area contributed by atoms with Gasteiger partial charge in [-0.05, 0) is 18.6 Å². The van der Waals surface area contributed by atoms with Crippen LogP contribution < -0.4 is 0 Å². The molecule has 0 spiro atoms. The Hall–Kier alpha value is -0.980. The zero-order chi connectivity index (χ0) is 12.1. The molecular formula is C10H12BrNO4. The second-order valence-corrected chi connectivity index (χ2v) is 4.02. The maximum absolute atomic E-state index is 10.9. The number of carboxylic acids is 1. The number of aliphatic hydroxyl groups excluding tert-OH is 2. The Labute approximate surface area is 101 Å². The maximum Gasteiger partial charge on any atom is 0.337 e. The summed E-state index contributed by atoms with van der Waals surface area (Å²) in [6.07, 6.45) is -0.625. The van der Waals surface area contributed by atoms with Gasteiger partial charge in [0.05, 0.1) is 17.4 Å². The van der Waals surface area contributed by atoms with Gasteiger partial charge in [-0.2, -0.15) is 0 Å². The minimum Gasteiger partial charge on any atom is -0.478 e. The van der Waals surface area contributed by atoms with Gasteiger partial charge < -0.3 is 15.3 Å². The van der Waals surface area contributed by atoms with Crippen LogP contribution in [-0.2, 0) is 0 Å². The average molecular weight is 290 g/mol. The molecule has 0 saturated carbocycles. The molecule has 2 atom stereocenters. The fourth-order valence-electron chi connectivity index (χ4n) is 1.29. The molecule has 6 heteroatoms. The first-order valence-corrected chi connectivity index (χ1v) is 5.80. The topological polar surface area (TPSA) is 90.7 Å². The summed E-state index contributed by atoms with van der Waals surface area (Å²) in [6.45, 7) is 0. The van der Waals surface area contributed by atoms with Crippen LogP contribution in [0.3, 0.4) is 0 Å². The van der Waals surface area contributed by atoms with Gasteiger partial charge >= 0.3 is 5.97 Å². The van der Waals surface area contributed by atoms with Crippen molar-refractivity contribution in [2.75, 3.05) is 5.33 Å². The van der Waals surface area contributed by atoms with Gasteiger partial charge in [0, 0.05) is 11.5 Å². The molecule has 1 heterocycles. The summed E-state index contributed by atoms with van der Waals surface area (Å²) in [4.78, 5) is 14.7. The van der Waals surface area contributed by atoms with E-state index >= 15 is 0 Å². The molecule has 0 aromatic carbocycles. The number of carbonyl (C=O) groups is 1. The van der Waals surface area contributed by atoms with Crippen LogP contribution in [0, 0.1) is 0 Å². The highest BCUT2D eigenvalue weighted by Gasteiger charge is 2.24. The molecule has 0 bridgehead atoms. The first kappa shape index (κ1) is 13.1. The van der Waals surface area contributed by atoms with Crippen LogP contribution in [0.4, 0.5) is 0 Å². The number of aliphatic hydroxyl groups is 2. The second kappa shape index (κ2) is 5.93. The highest BCUT2D eigenvalue weighted by molar-refractivity contribution is 9.09. The third-order valence-corrected chi connectivity index (χ3v) is 2.58. The molecular weight excluding hydrogens is 278 g/mol. The van der Waals surface area contributed by atoms with Gasteiger partial charge in [-0.15, -0.1) is 0 Å². The Morgan fingerprint density at radius 1 is 1.50 bits per heavy atom. The molecule has 1 aromatic rings. The van der Waals surface area contributed by atoms with Crippen LogP contribution >= 0.6 is 15.9 Å². The molecule has 0 aliphatic heterocycles. The third-order valence-electron chi connectivity index (χ3n) is 2.12. The number of rotatable bonds is 5. The fraction of sp³-hybridized carbons (Fsp3) is 0.400. The van der Waals surface area contributed by atoms with Gasteiger partial charge in [0.15, 0.2) is 0 Å². The molecule has 1 rings (SSSR count). The third kappa shape index (κ3) is 3.01. The molecule has 3 N–H and O–H groups in total. The van der Waals surface area contributed by atoms with Crippen molar-refractivity contribution in [2.45, 2.75) is 18.6 Å². The maximum atomic E-state index is 10.9. The monoisotopic (exact) mass is 289 g/mol. The summed E-state index contributed by atoms with van der Waals surface area (Å²) in [5, 5.41) is 28.7. The average Bonchev–Trinajstić information content (AvgIpc) is 2.28. The van der Waals surface area contributed by atoms with E-state index < -0.39 is 18.2 Å². The first-order chi connectivity index (χ1) is 7.57. The largest absolute Gasteiger partial charge is 0.478 e. The van der Waals surface area contributed by atoms with E-state index in [1.54, 1.807) is 0 Å². The zero-order valence-corrected chi connectivity index (χ0v) is 9.96. The van der Waals surface area contributed by atoms with E-state index in [9.17, 15) is 15.0 Å². The lowest BCUT2D eigenvalue weighted by atomic mass is 10.0. The van der Waals surface area contributed by atoms with Gasteiger partial charge in [-0.1, -0.05) is 15.9 Å².